The molecule has 0 aromatic rings. The van der Waals surface area contributed by atoms with Crippen molar-refractivity contribution in [2.75, 3.05) is 13.7 Å². The van der Waals surface area contributed by atoms with Gasteiger partial charge in [-0.05, 0) is 25.7 Å². The van der Waals surface area contributed by atoms with E-state index in [2.05, 4.69) is 5.32 Å². The van der Waals surface area contributed by atoms with Crippen molar-refractivity contribution >= 4 is 18.3 Å². The van der Waals surface area contributed by atoms with E-state index in [1.807, 2.05) is 0 Å². The number of nitrogens with two attached hydrogens (primary N) is 1. The van der Waals surface area contributed by atoms with Gasteiger partial charge in [-0.15, -0.1) is 12.4 Å². The molecular weight excluding hydrogens is 285 g/mol. The number of hydrogen-bond donors (Lipinski definition) is 2. The Morgan fingerprint density at radius 3 is 2.32 bits per heavy atom. The molecule has 1 saturated carbocycles. The Kier molecular flexibility index (Phi) is 7.69. The Morgan fingerprint density at radius 2 is 1.89 bits per heavy atom. The minimum Gasteiger partial charge on any atom is -0.383 e. The fourth-order valence-electron chi connectivity index (χ4n) is 2.13. The third-order valence-electron chi connectivity index (χ3n) is 3.22. The van der Waals surface area contributed by atoms with E-state index < -0.39 is 18.1 Å². The maximum absolute atomic E-state index is 12.4. The smallest absolute Gasteiger partial charge is 0.383 e. The summed E-state index contributed by atoms with van der Waals surface area (Å²) in [5.74, 6) is -1.61. The van der Waals surface area contributed by atoms with Crippen LogP contribution in [0.1, 0.15) is 25.7 Å². The van der Waals surface area contributed by atoms with Gasteiger partial charge in [0.2, 0.25) is 5.91 Å². The molecule has 1 aliphatic rings. The molecular formula is C11H20ClF3N2O2. The fraction of sp³-hybridized carbons (Fsp3) is 0.909. The Labute approximate surface area is 116 Å². The van der Waals surface area contributed by atoms with Crippen molar-refractivity contribution in [3.8, 4) is 0 Å². The van der Waals surface area contributed by atoms with Gasteiger partial charge >= 0.3 is 6.18 Å². The number of nitrogens with one attached hydrogen (secondary N) is 1. The summed E-state index contributed by atoms with van der Waals surface area (Å²) in [4.78, 5) is 11.5. The average Bonchev–Trinajstić information content (AvgIpc) is 2.28. The fourth-order valence-corrected chi connectivity index (χ4v) is 2.13. The molecule has 1 amide bonds. The number of amides is 1. The highest BCUT2D eigenvalue weighted by molar-refractivity contribution is 5.85. The maximum atomic E-state index is 12.4. The first-order valence-electron chi connectivity index (χ1n) is 5.96. The minimum absolute atomic E-state index is 0. The number of ether oxygens (including phenoxy) is 1. The zero-order valence-electron chi connectivity index (χ0n) is 10.7. The first-order valence-corrected chi connectivity index (χ1v) is 5.96. The van der Waals surface area contributed by atoms with Crippen LogP contribution in [0.15, 0.2) is 0 Å². The summed E-state index contributed by atoms with van der Waals surface area (Å²) in [6, 6.07) is -0.977. The Hall–Kier alpha value is -0.530. The summed E-state index contributed by atoms with van der Waals surface area (Å²) in [7, 11) is 1.43. The van der Waals surface area contributed by atoms with Gasteiger partial charge < -0.3 is 15.8 Å². The van der Waals surface area contributed by atoms with Crippen LogP contribution in [0, 0.1) is 5.92 Å². The van der Waals surface area contributed by atoms with Gasteiger partial charge in [-0.1, -0.05) is 0 Å². The standard InChI is InChI=1S/C11H19F3N2O2.ClH/c1-18-6-9(15)10(17)16-8-4-2-7(3-5-8)11(12,13)14;/h7-9H,2-6,15H2,1H3,(H,16,17);1H. The van der Waals surface area contributed by atoms with Gasteiger partial charge in [-0.3, -0.25) is 4.79 Å². The maximum Gasteiger partial charge on any atom is 0.391 e. The van der Waals surface area contributed by atoms with Crippen LogP contribution in [0.25, 0.3) is 0 Å². The molecule has 0 saturated heterocycles. The predicted octanol–water partition coefficient (Wildman–Crippen LogP) is 1.62. The molecule has 0 aliphatic heterocycles. The molecule has 0 bridgehead atoms. The van der Waals surface area contributed by atoms with Crippen LogP contribution < -0.4 is 11.1 Å². The largest absolute Gasteiger partial charge is 0.391 e. The summed E-state index contributed by atoms with van der Waals surface area (Å²) in [6.07, 6.45) is -3.31. The van der Waals surface area contributed by atoms with E-state index in [4.69, 9.17) is 10.5 Å². The van der Waals surface area contributed by atoms with E-state index in [-0.39, 0.29) is 43.8 Å². The van der Waals surface area contributed by atoms with Crippen LogP contribution in [0.2, 0.25) is 0 Å². The van der Waals surface area contributed by atoms with Crippen LogP contribution in [-0.2, 0) is 9.53 Å². The molecule has 1 fully saturated rings. The van der Waals surface area contributed by atoms with Gasteiger partial charge in [0.15, 0.2) is 0 Å². The molecule has 8 heteroatoms. The van der Waals surface area contributed by atoms with E-state index in [9.17, 15) is 18.0 Å². The summed E-state index contributed by atoms with van der Waals surface area (Å²) < 4.78 is 42.0. The molecule has 114 valence electrons. The number of halogens is 4. The van der Waals surface area contributed by atoms with Crippen LogP contribution in [0.5, 0.6) is 0 Å². The molecule has 1 atom stereocenters. The lowest BCUT2D eigenvalue weighted by atomic mass is 9.85. The average molecular weight is 305 g/mol. The third-order valence-corrected chi connectivity index (χ3v) is 3.22. The first kappa shape index (κ1) is 18.5. The summed E-state index contributed by atoms with van der Waals surface area (Å²) in [5.41, 5.74) is 5.52. The van der Waals surface area contributed by atoms with Crippen molar-refractivity contribution in [2.24, 2.45) is 11.7 Å². The van der Waals surface area contributed by atoms with Gasteiger partial charge in [0.1, 0.15) is 6.04 Å². The van der Waals surface area contributed by atoms with E-state index >= 15 is 0 Å². The highest BCUT2D eigenvalue weighted by atomic mass is 35.5. The van der Waals surface area contributed by atoms with Gasteiger partial charge in [-0.25, -0.2) is 0 Å². The Bertz CT molecular complexity index is 282. The molecule has 1 aliphatic carbocycles. The monoisotopic (exact) mass is 304 g/mol. The molecule has 0 heterocycles. The van der Waals surface area contributed by atoms with Gasteiger partial charge in [0.05, 0.1) is 12.5 Å². The van der Waals surface area contributed by atoms with E-state index in [1.54, 1.807) is 0 Å². The molecule has 1 rings (SSSR count). The zero-order valence-corrected chi connectivity index (χ0v) is 11.5. The number of methoxy groups -OCH3 is 1. The molecule has 3 N–H and O–H groups in total. The summed E-state index contributed by atoms with van der Waals surface area (Å²) in [6.45, 7) is 0.101. The zero-order chi connectivity index (χ0) is 13.8. The van der Waals surface area contributed by atoms with Gasteiger partial charge in [0, 0.05) is 13.2 Å². The van der Waals surface area contributed by atoms with E-state index in [1.165, 1.54) is 7.11 Å². The van der Waals surface area contributed by atoms with Gasteiger partial charge in [-0.2, -0.15) is 13.2 Å². The van der Waals surface area contributed by atoms with Crippen molar-refractivity contribution in [3.05, 3.63) is 0 Å². The van der Waals surface area contributed by atoms with Crippen LogP contribution >= 0.6 is 12.4 Å². The normalized spacial score (nSPS) is 25.3. The van der Waals surface area contributed by atoms with E-state index in [0.717, 1.165) is 0 Å². The lowest BCUT2D eigenvalue weighted by molar-refractivity contribution is -0.182. The number of rotatable bonds is 4. The van der Waals surface area contributed by atoms with Gasteiger partial charge in [0.25, 0.3) is 0 Å². The summed E-state index contributed by atoms with van der Waals surface area (Å²) >= 11 is 0. The number of carbonyl (C=O) groups excluding carboxylic acids is 1. The highest BCUT2D eigenvalue weighted by Crippen LogP contribution is 2.37. The van der Waals surface area contributed by atoms with E-state index in [0.29, 0.717) is 12.8 Å². The quantitative estimate of drug-likeness (QED) is 0.829. The molecule has 0 aromatic carbocycles. The minimum atomic E-state index is -4.12. The molecule has 4 nitrogen and oxygen atoms in total. The number of hydrogen-bond acceptors (Lipinski definition) is 3. The lowest BCUT2D eigenvalue weighted by Crippen LogP contribution is -2.48. The lowest BCUT2D eigenvalue weighted by Gasteiger charge is -2.30. The summed E-state index contributed by atoms with van der Waals surface area (Å²) in [5, 5.41) is 2.66. The highest BCUT2D eigenvalue weighted by Gasteiger charge is 2.41. The predicted molar refractivity (Wildman–Crippen MR) is 67.0 cm³/mol. The topological polar surface area (TPSA) is 64.3 Å². The Balaban J connectivity index is 0.00000324. The molecule has 1 unspecified atom stereocenters. The van der Waals surface area contributed by atoms with Crippen molar-refractivity contribution in [3.63, 3.8) is 0 Å². The molecule has 0 spiro atoms. The number of alkyl halides is 3. The third kappa shape index (κ3) is 5.97. The molecule has 0 radical (unpaired) electrons. The van der Waals surface area contributed by atoms with Crippen molar-refractivity contribution < 1.29 is 22.7 Å². The second-order valence-electron chi connectivity index (χ2n) is 4.66. The van der Waals surface area contributed by atoms with Crippen molar-refractivity contribution in [1.29, 1.82) is 0 Å². The second-order valence-corrected chi connectivity index (χ2v) is 4.66. The van der Waals surface area contributed by atoms with Crippen LogP contribution in [0.4, 0.5) is 13.2 Å². The second kappa shape index (κ2) is 7.91. The molecule has 0 aromatic heterocycles. The SMILES string of the molecule is COCC(N)C(=O)NC1CCC(C(F)(F)F)CC1.Cl. The molecule has 19 heavy (non-hydrogen) atoms. The van der Waals surface area contributed by atoms with Crippen molar-refractivity contribution in [1.82, 2.24) is 5.32 Å². The Morgan fingerprint density at radius 1 is 1.37 bits per heavy atom. The van der Waals surface area contributed by atoms with Crippen LogP contribution in [0.3, 0.4) is 0 Å². The van der Waals surface area contributed by atoms with Crippen LogP contribution in [-0.4, -0.2) is 37.9 Å². The number of carbonyl (C=O) groups is 1. The van der Waals surface area contributed by atoms with Crippen molar-refractivity contribution in [2.45, 2.75) is 43.9 Å². The first-order chi connectivity index (χ1) is 8.34.